The summed E-state index contributed by atoms with van der Waals surface area (Å²) in [6.07, 6.45) is 1.17. The molecule has 0 spiro atoms. The van der Waals surface area contributed by atoms with Crippen molar-refractivity contribution in [2.45, 2.75) is 25.8 Å². The minimum atomic E-state index is -0.324. The molecule has 28 heavy (non-hydrogen) atoms. The van der Waals surface area contributed by atoms with Gasteiger partial charge in [-0.05, 0) is 42.7 Å². The molecule has 1 aliphatic rings. The molecule has 1 aromatic heterocycles. The van der Waals surface area contributed by atoms with Crippen molar-refractivity contribution >= 4 is 29.1 Å². The smallest absolute Gasteiger partial charge is 0.273 e. The molecule has 2 amide bonds. The minimum absolute atomic E-state index is 0.0307. The van der Waals surface area contributed by atoms with E-state index in [9.17, 15) is 9.59 Å². The van der Waals surface area contributed by atoms with Crippen LogP contribution in [0.5, 0.6) is 0 Å². The van der Waals surface area contributed by atoms with Crippen LogP contribution in [-0.4, -0.2) is 17.0 Å². The highest BCUT2D eigenvalue weighted by Crippen LogP contribution is 2.27. The summed E-state index contributed by atoms with van der Waals surface area (Å²) in [6, 6.07) is 14.3. The van der Waals surface area contributed by atoms with Gasteiger partial charge in [0.15, 0.2) is 11.5 Å². The summed E-state index contributed by atoms with van der Waals surface area (Å²) in [5.41, 5.74) is 3.82. The predicted molar refractivity (Wildman–Crippen MR) is 106 cm³/mol. The molecule has 2 aromatic carbocycles. The molecule has 0 radical (unpaired) electrons. The van der Waals surface area contributed by atoms with Crippen LogP contribution in [0, 0.1) is 0 Å². The molecule has 0 saturated heterocycles. The van der Waals surface area contributed by atoms with Gasteiger partial charge in [0.2, 0.25) is 5.91 Å². The van der Waals surface area contributed by atoms with Crippen molar-refractivity contribution in [3.63, 3.8) is 0 Å². The topological polar surface area (TPSA) is 84.2 Å². The van der Waals surface area contributed by atoms with Crippen LogP contribution in [0.1, 0.15) is 41.0 Å². The van der Waals surface area contributed by atoms with Gasteiger partial charge in [0.1, 0.15) is 0 Å². The molecule has 0 aliphatic carbocycles. The largest absolute Gasteiger partial charge is 0.355 e. The lowest BCUT2D eigenvalue weighted by Gasteiger charge is -2.20. The van der Waals surface area contributed by atoms with Crippen LogP contribution in [0.2, 0.25) is 5.02 Å². The summed E-state index contributed by atoms with van der Waals surface area (Å²) in [4.78, 5) is 24.0. The number of aryl methyl sites for hydroxylation is 1. The molecule has 1 aliphatic heterocycles. The summed E-state index contributed by atoms with van der Waals surface area (Å²) in [6.45, 7) is 1.90. The van der Waals surface area contributed by atoms with E-state index >= 15 is 0 Å². The lowest BCUT2D eigenvalue weighted by Crippen LogP contribution is -2.27. The predicted octanol–water partition coefficient (Wildman–Crippen LogP) is 4.37. The molecule has 0 saturated carbocycles. The van der Waals surface area contributed by atoms with Crippen molar-refractivity contribution in [2.24, 2.45) is 0 Å². The normalized spacial score (nSPS) is 14.1. The van der Waals surface area contributed by atoms with Gasteiger partial charge in [-0.15, -0.1) is 0 Å². The van der Waals surface area contributed by atoms with Crippen LogP contribution in [0.3, 0.4) is 0 Å². The number of halogens is 1. The number of nitrogens with one attached hydrogen (secondary N) is 2. The first-order valence-electron chi connectivity index (χ1n) is 8.96. The van der Waals surface area contributed by atoms with Gasteiger partial charge in [-0.25, -0.2) is 0 Å². The molecule has 2 N–H and O–H groups in total. The Kier molecular flexibility index (Phi) is 4.88. The van der Waals surface area contributed by atoms with E-state index in [0.29, 0.717) is 23.6 Å². The maximum Gasteiger partial charge on any atom is 0.273 e. The van der Waals surface area contributed by atoms with Gasteiger partial charge in [0, 0.05) is 28.8 Å². The SMILES string of the molecule is C[C@H](NC(=O)c1cc(-c2cccc(Cl)c2)on1)c1ccc2c(c1)CCC(=O)N2. The monoisotopic (exact) mass is 395 g/mol. The summed E-state index contributed by atoms with van der Waals surface area (Å²) in [5.74, 6) is 0.184. The number of carbonyl (C=O) groups is 2. The Hall–Kier alpha value is -3.12. The minimum Gasteiger partial charge on any atom is -0.355 e. The number of amides is 2. The zero-order chi connectivity index (χ0) is 19.7. The van der Waals surface area contributed by atoms with Gasteiger partial charge in [-0.1, -0.05) is 41.0 Å². The van der Waals surface area contributed by atoms with Gasteiger partial charge in [-0.2, -0.15) is 0 Å². The van der Waals surface area contributed by atoms with Crippen LogP contribution < -0.4 is 10.6 Å². The Bertz CT molecular complexity index is 1060. The fraction of sp³-hybridized carbons (Fsp3) is 0.190. The highest BCUT2D eigenvalue weighted by Gasteiger charge is 2.19. The van der Waals surface area contributed by atoms with E-state index in [0.717, 1.165) is 22.4 Å². The number of benzene rings is 2. The Balaban J connectivity index is 1.47. The quantitative estimate of drug-likeness (QED) is 0.687. The number of anilines is 1. The fourth-order valence-corrected chi connectivity index (χ4v) is 3.38. The number of aromatic nitrogens is 1. The zero-order valence-corrected chi connectivity index (χ0v) is 15.9. The van der Waals surface area contributed by atoms with E-state index < -0.39 is 0 Å². The van der Waals surface area contributed by atoms with Crippen molar-refractivity contribution < 1.29 is 14.1 Å². The number of hydrogen-bond donors (Lipinski definition) is 2. The van der Waals surface area contributed by atoms with E-state index in [4.69, 9.17) is 16.1 Å². The van der Waals surface area contributed by atoms with Gasteiger partial charge >= 0.3 is 0 Å². The first kappa shape index (κ1) is 18.3. The second-order valence-corrected chi connectivity index (χ2v) is 7.18. The van der Waals surface area contributed by atoms with Crippen molar-refractivity contribution in [1.82, 2.24) is 10.5 Å². The lowest BCUT2D eigenvalue weighted by molar-refractivity contribution is -0.116. The van der Waals surface area contributed by atoms with Crippen LogP contribution in [0.15, 0.2) is 53.1 Å². The zero-order valence-electron chi connectivity index (χ0n) is 15.2. The lowest BCUT2D eigenvalue weighted by atomic mass is 9.98. The molecule has 2 heterocycles. The second-order valence-electron chi connectivity index (χ2n) is 6.75. The van der Waals surface area contributed by atoms with E-state index in [1.807, 2.05) is 31.2 Å². The summed E-state index contributed by atoms with van der Waals surface area (Å²) in [7, 11) is 0. The molecule has 7 heteroatoms. The average molecular weight is 396 g/mol. The maximum absolute atomic E-state index is 12.6. The molecule has 0 fully saturated rings. The van der Waals surface area contributed by atoms with Crippen LogP contribution in [-0.2, 0) is 11.2 Å². The van der Waals surface area contributed by atoms with Gasteiger partial charge < -0.3 is 15.2 Å². The van der Waals surface area contributed by atoms with Crippen LogP contribution >= 0.6 is 11.6 Å². The van der Waals surface area contributed by atoms with Gasteiger partial charge in [-0.3, -0.25) is 9.59 Å². The van der Waals surface area contributed by atoms with Crippen molar-refractivity contribution in [1.29, 1.82) is 0 Å². The molecule has 3 aromatic rings. The number of carbonyl (C=O) groups excluding carboxylic acids is 2. The third-order valence-corrected chi connectivity index (χ3v) is 4.96. The first-order valence-corrected chi connectivity index (χ1v) is 9.33. The summed E-state index contributed by atoms with van der Waals surface area (Å²) in [5, 5.41) is 10.2. The first-order chi connectivity index (χ1) is 13.5. The molecular weight excluding hydrogens is 378 g/mol. The molecule has 0 unspecified atom stereocenters. The number of hydrogen-bond acceptors (Lipinski definition) is 4. The highest BCUT2D eigenvalue weighted by molar-refractivity contribution is 6.30. The molecule has 4 rings (SSSR count). The standard InChI is InChI=1S/C21H18ClN3O3/c1-12(13-5-7-17-14(9-13)6-8-20(26)24-17)23-21(27)18-11-19(28-25-18)15-3-2-4-16(22)10-15/h2-5,7,9-12H,6,8H2,1H3,(H,23,27)(H,24,26)/t12-/m0/s1. The van der Waals surface area contributed by atoms with E-state index in [2.05, 4.69) is 15.8 Å². The highest BCUT2D eigenvalue weighted by atomic mass is 35.5. The molecule has 1 atom stereocenters. The van der Waals surface area contributed by atoms with Crippen LogP contribution in [0.4, 0.5) is 5.69 Å². The Labute approximate surface area is 166 Å². The number of nitrogens with zero attached hydrogens (tertiary/aromatic N) is 1. The van der Waals surface area contributed by atoms with E-state index in [-0.39, 0.29) is 23.6 Å². The van der Waals surface area contributed by atoms with E-state index in [1.54, 1.807) is 24.3 Å². The Morgan fingerprint density at radius 2 is 2.07 bits per heavy atom. The van der Waals surface area contributed by atoms with Gasteiger partial charge in [0.25, 0.3) is 5.91 Å². The van der Waals surface area contributed by atoms with Crippen molar-refractivity contribution in [3.8, 4) is 11.3 Å². The fourth-order valence-electron chi connectivity index (χ4n) is 3.19. The molecule has 6 nitrogen and oxygen atoms in total. The summed E-state index contributed by atoms with van der Waals surface area (Å²) >= 11 is 5.99. The Morgan fingerprint density at radius 3 is 2.89 bits per heavy atom. The summed E-state index contributed by atoms with van der Waals surface area (Å²) < 4.78 is 5.29. The second kappa shape index (κ2) is 7.48. The third-order valence-electron chi connectivity index (χ3n) is 4.72. The van der Waals surface area contributed by atoms with Gasteiger partial charge in [0.05, 0.1) is 6.04 Å². The van der Waals surface area contributed by atoms with Crippen molar-refractivity contribution in [2.75, 3.05) is 5.32 Å². The third kappa shape index (κ3) is 3.77. The average Bonchev–Trinajstić information content (AvgIpc) is 3.18. The van der Waals surface area contributed by atoms with Crippen molar-refractivity contribution in [3.05, 3.63) is 70.4 Å². The number of rotatable bonds is 4. The van der Waals surface area contributed by atoms with E-state index in [1.165, 1.54) is 0 Å². The maximum atomic E-state index is 12.6. The number of fused-ring (bicyclic) bond motifs is 1. The van der Waals surface area contributed by atoms with Crippen LogP contribution in [0.25, 0.3) is 11.3 Å². The molecule has 0 bridgehead atoms. The molecular formula is C21H18ClN3O3. The molecule has 142 valence electrons. The Morgan fingerprint density at radius 1 is 1.21 bits per heavy atom.